The second kappa shape index (κ2) is 5.48. The number of nitrogens with one attached hydrogen (secondary N) is 1. The van der Waals surface area contributed by atoms with Crippen LogP contribution in [0.4, 0.5) is 10.5 Å². The van der Waals surface area contributed by atoms with Crippen molar-refractivity contribution in [1.82, 2.24) is 10.2 Å². The van der Waals surface area contributed by atoms with Crippen molar-refractivity contribution in [3.05, 3.63) is 18.2 Å². The summed E-state index contributed by atoms with van der Waals surface area (Å²) in [6, 6.07) is 5.20. The van der Waals surface area contributed by atoms with E-state index in [1.807, 2.05) is 0 Å². The van der Waals surface area contributed by atoms with Crippen LogP contribution >= 0.6 is 0 Å². The Morgan fingerprint density at radius 3 is 3.00 bits per heavy atom. The molecule has 1 saturated heterocycles. The molecule has 3 N–H and O–H groups in total. The van der Waals surface area contributed by atoms with E-state index in [2.05, 4.69) is 5.32 Å². The first-order valence-corrected chi connectivity index (χ1v) is 5.80. The third kappa shape index (κ3) is 2.77. The van der Waals surface area contributed by atoms with Gasteiger partial charge in [-0.15, -0.1) is 0 Å². The lowest BCUT2D eigenvalue weighted by Crippen LogP contribution is -2.31. The Kier molecular flexibility index (Phi) is 3.76. The predicted molar refractivity (Wildman–Crippen MR) is 67.9 cm³/mol. The van der Waals surface area contributed by atoms with Gasteiger partial charge in [-0.25, -0.2) is 4.79 Å². The average molecular weight is 251 g/mol. The maximum atomic E-state index is 11.3. The van der Waals surface area contributed by atoms with E-state index in [0.29, 0.717) is 36.9 Å². The Morgan fingerprint density at radius 2 is 2.33 bits per heavy atom. The molecule has 2 rings (SSSR count). The quantitative estimate of drug-likeness (QED) is 0.754. The van der Waals surface area contributed by atoms with Crippen LogP contribution in [0.2, 0.25) is 0 Å². The lowest BCUT2D eigenvalue weighted by Gasteiger charge is -2.15. The van der Waals surface area contributed by atoms with Gasteiger partial charge in [-0.05, 0) is 12.1 Å². The van der Waals surface area contributed by atoms with Gasteiger partial charge in [0.25, 0.3) is 0 Å². The van der Waals surface area contributed by atoms with Gasteiger partial charge in [0.1, 0.15) is 18.1 Å². The molecule has 0 aliphatic carbocycles. The van der Waals surface area contributed by atoms with Crippen molar-refractivity contribution in [1.29, 1.82) is 0 Å². The number of nitrogen functional groups attached to an aromatic ring is 1. The van der Waals surface area contributed by atoms with Gasteiger partial charge in [0, 0.05) is 19.2 Å². The number of amides is 2. The smallest absolute Gasteiger partial charge is 0.317 e. The summed E-state index contributed by atoms with van der Waals surface area (Å²) in [4.78, 5) is 13.0. The normalized spacial score (nSPS) is 14.5. The fourth-order valence-electron chi connectivity index (χ4n) is 1.76. The SMILES string of the molecule is COc1ccc(N)c(OCCN2CCNC2=O)c1. The van der Waals surface area contributed by atoms with Gasteiger partial charge in [0.15, 0.2) is 0 Å². The van der Waals surface area contributed by atoms with Crippen LogP contribution in [0.5, 0.6) is 11.5 Å². The molecule has 0 atom stereocenters. The van der Waals surface area contributed by atoms with Crippen molar-refractivity contribution in [2.75, 3.05) is 39.1 Å². The minimum atomic E-state index is -0.0442. The zero-order valence-electron chi connectivity index (χ0n) is 10.3. The molecule has 0 radical (unpaired) electrons. The standard InChI is InChI=1S/C12H17N3O3/c1-17-9-2-3-10(13)11(8-9)18-7-6-15-5-4-14-12(15)16/h2-3,8H,4-7,13H2,1H3,(H,14,16). The number of nitrogens with two attached hydrogens (primary N) is 1. The molecular weight excluding hydrogens is 234 g/mol. The number of methoxy groups -OCH3 is 1. The molecule has 0 aromatic heterocycles. The van der Waals surface area contributed by atoms with Crippen LogP contribution in [0.25, 0.3) is 0 Å². The highest BCUT2D eigenvalue weighted by molar-refractivity contribution is 5.76. The number of rotatable bonds is 5. The van der Waals surface area contributed by atoms with Crippen LogP contribution in [0, 0.1) is 0 Å². The molecule has 1 heterocycles. The lowest BCUT2D eigenvalue weighted by molar-refractivity contribution is 0.202. The number of hydrogen-bond acceptors (Lipinski definition) is 4. The van der Waals surface area contributed by atoms with Crippen LogP contribution in [0.1, 0.15) is 0 Å². The molecule has 0 bridgehead atoms. The zero-order valence-corrected chi connectivity index (χ0v) is 10.3. The van der Waals surface area contributed by atoms with Crippen LogP contribution in [0.15, 0.2) is 18.2 Å². The van der Waals surface area contributed by atoms with Gasteiger partial charge in [0.05, 0.1) is 19.3 Å². The highest BCUT2D eigenvalue weighted by Crippen LogP contribution is 2.26. The van der Waals surface area contributed by atoms with Crippen molar-refractivity contribution >= 4 is 11.7 Å². The number of benzene rings is 1. The molecule has 98 valence electrons. The monoisotopic (exact) mass is 251 g/mol. The summed E-state index contributed by atoms with van der Waals surface area (Å²) in [5.41, 5.74) is 6.35. The molecular formula is C12H17N3O3. The summed E-state index contributed by atoms with van der Waals surface area (Å²) in [5, 5.41) is 2.73. The maximum Gasteiger partial charge on any atom is 0.317 e. The Labute approximate surface area is 106 Å². The van der Waals surface area contributed by atoms with E-state index in [0.717, 1.165) is 6.54 Å². The third-order valence-electron chi connectivity index (χ3n) is 2.78. The van der Waals surface area contributed by atoms with E-state index < -0.39 is 0 Å². The maximum absolute atomic E-state index is 11.3. The Bertz CT molecular complexity index is 437. The third-order valence-corrected chi connectivity index (χ3v) is 2.78. The number of carbonyl (C=O) groups excluding carboxylic acids is 1. The van der Waals surface area contributed by atoms with Gasteiger partial charge in [0.2, 0.25) is 0 Å². The Morgan fingerprint density at radius 1 is 1.50 bits per heavy atom. The zero-order chi connectivity index (χ0) is 13.0. The number of anilines is 1. The number of urea groups is 1. The van der Waals surface area contributed by atoms with Crippen LogP contribution in [0.3, 0.4) is 0 Å². The lowest BCUT2D eigenvalue weighted by atomic mass is 10.3. The molecule has 0 spiro atoms. The number of hydrogen-bond donors (Lipinski definition) is 2. The van der Waals surface area contributed by atoms with E-state index in [-0.39, 0.29) is 6.03 Å². The van der Waals surface area contributed by atoms with Crippen molar-refractivity contribution < 1.29 is 14.3 Å². The summed E-state index contributed by atoms with van der Waals surface area (Å²) in [7, 11) is 1.59. The molecule has 1 aliphatic heterocycles. The summed E-state index contributed by atoms with van der Waals surface area (Å²) >= 11 is 0. The summed E-state index contributed by atoms with van der Waals surface area (Å²) in [5.74, 6) is 1.27. The van der Waals surface area contributed by atoms with E-state index in [9.17, 15) is 4.79 Å². The summed E-state index contributed by atoms with van der Waals surface area (Å²) < 4.78 is 10.7. The summed E-state index contributed by atoms with van der Waals surface area (Å²) in [6.07, 6.45) is 0. The average Bonchev–Trinajstić information content (AvgIpc) is 2.77. The van der Waals surface area contributed by atoms with E-state index in [4.69, 9.17) is 15.2 Å². The van der Waals surface area contributed by atoms with Crippen LogP contribution in [-0.2, 0) is 0 Å². The molecule has 1 aromatic carbocycles. The fourth-order valence-corrected chi connectivity index (χ4v) is 1.76. The van der Waals surface area contributed by atoms with Crippen LogP contribution < -0.4 is 20.5 Å². The molecule has 1 aliphatic rings. The highest BCUT2D eigenvalue weighted by Gasteiger charge is 2.18. The van der Waals surface area contributed by atoms with Gasteiger partial charge in [-0.2, -0.15) is 0 Å². The first kappa shape index (κ1) is 12.3. The van der Waals surface area contributed by atoms with Crippen molar-refractivity contribution in [2.24, 2.45) is 0 Å². The second-order valence-corrected chi connectivity index (χ2v) is 3.97. The molecule has 0 unspecified atom stereocenters. The van der Waals surface area contributed by atoms with Crippen molar-refractivity contribution in [2.45, 2.75) is 0 Å². The van der Waals surface area contributed by atoms with E-state index in [1.54, 1.807) is 30.2 Å². The van der Waals surface area contributed by atoms with E-state index in [1.165, 1.54) is 0 Å². The molecule has 6 heteroatoms. The first-order chi connectivity index (χ1) is 8.70. The molecule has 2 amide bonds. The molecule has 18 heavy (non-hydrogen) atoms. The first-order valence-electron chi connectivity index (χ1n) is 5.80. The molecule has 6 nitrogen and oxygen atoms in total. The van der Waals surface area contributed by atoms with Gasteiger partial charge in [-0.1, -0.05) is 0 Å². The Hall–Kier alpha value is -2.11. The Balaban J connectivity index is 1.87. The highest BCUT2D eigenvalue weighted by atomic mass is 16.5. The number of nitrogens with zero attached hydrogens (tertiary/aromatic N) is 1. The summed E-state index contributed by atoms with van der Waals surface area (Å²) in [6.45, 7) is 2.36. The van der Waals surface area contributed by atoms with Crippen molar-refractivity contribution in [3.8, 4) is 11.5 Å². The fraction of sp³-hybridized carbons (Fsp3) is 0.417. The van der Waals surface area contributed by atoms with Gasteiger partial charge >= 0.3 is 6.03 Å². The molecule has 1 aromatic rings. The largest absolute Gasteiger partial charge is 0.497 e. The van der Waals surface area contributed by atoms with Crippen LogP contribution in [-0.4, -0.2) is 44.3 Å². The van der Waals surface area contributed by atoms with Gasteiger partial charge < -0.3 is 25.4 Å². The van der Waals surface area contributed by atoms with Crippen molar-refractivity contribution in [3.63, 3.8) is 0 Å². The minimum absolute atomic E-state index is 0.0442. The molecule has 0 saturated carbocycles. The molecule has 1 fully saturated rings. The van der Waals surface area contributed by atoms with E-state index >= 15 is 0 Å². The topological polar surface area (TPSA) is 76.8 Å². The number of carbonyl (C=O) groups is 1. The van der Waals surface area contributed by atoms with Gasteiger partial charge in [-0.3, -0.25) is 0 Å². The second-order valence-electron chi connectivity index (χ2n) is 3.97. The number of ether oxygens (including phenoxy) is 2. The predicted octanol–water partition coefficient (Wildman–Crippen LogP) is 0.681. The minimum Gasteiger partial charge on any atom is -0.497 e.